The van der Waals surface area contributed by atoms with Crippen molar-refractivity contribution in [3.05, 3.63) is 33.7 Å². The van der Waals surface area contributed by atoms with Gasteiger partial charge in [-0.1, -0.05) is 31.1 Å². The molecule has 2 rings (SSSR count). The average molecular weight is 314 g/mol. The van der Waals surface area contributed by atoms with E-state index in [-0.39, 0.29) is 0 Å². The number of rotatable bonds is 2. The maximum Gasteiger partial charge on any atom is 0.258 e. The van der Waals surface area contributed by atoms with Crippen LogP contribution in [0.25, 0.3) is 11.5 Å². The van der Waals surface area contributed by atoms with Crippen molar-refractivity contribution in [1.29, 1.82) is 0 Å². The summed E-state index contributed by atoms with van der Waals surface area (Å²) in [5, 5.41) is 3.75. The molecule has 0 spiro atoms. The summed E-state index contributed by atoms with van der Waals surface area (Å²) in [7, 11) is 0. The normalized spacial score (nSPS) is 10.9. The number of benzene rings is 1. The molecule has 0 atom stereocenters. The molecule has 0 amide bonds. The van der Waals surface area contributed by atoms with E-state index < -0.39 is 0 Å². The summed E-state index contributed by atoms with van der Waals surface area (Å²) < 4.78 is 5.72. The highest BCUT2D eigenvalue weighted by molar-refractivity contribution is 14.1. The molecule has 78 valence electrons. The topological polar surface area (TPSA) is 38.9 Å². The summed E-state index contributed by atoms with van der Waals surface area (Å²) in [4.78, 5) is 4.16. The molecule has 0 aliphatic rings. The third kappa shape index (κ3) is 2.37. The van der Waals surface area contributed by atoms with Crippen LogP contribution in [0.5, 0.6) is 0 Å². The Morgan fingerprint density at radius 1 is 1.20 bits per heavy atom. The molecule has 0 unspecified atom stereocenters. The molecule has 0 fully saturated rings. The lowest BCUT2D eigenvalue weighted by atomic mass is 10.0. The van der Waals surface area contributed by atoms with E-state index in [0.29, 0.717) is 15.6 Å². The van der Waals surface area contributed by atoms with Gasteiger partial charge in [-0.25, -0.2) is 0 Å². The number of hydrogen-bond donors (Lipinski definition) is 0. The van der Waals surface area contributed by atoms with Crippen molar-refractivity contribution in [2.45, 2.75) is 19.8 Å². The van der Waals surface area contributed by atoms with Crippen molar-refractivity contribution in [2.75, 3.05) is 0 Å². The first-order valence-electron chi connectivity index (χ1n) is 4.76. The zero-order chi connectivity index (χ0) is 10.8. The first-order valence-corrected chi connectivity index (χ1v) is 5.84. The second-order valence-corrected chi connectivity index (χ2v) is 4.61. The van der Waals surface area contributed by atoms with Gasteiger partial charge in [0.25, 0.3) is 5.89 Å². The molecule has 15 heavy (non-hydrogen) atoms. The molecular weight excluding hydrogens is 303 g/mol. The van der Waals surface area contributed by atoms with Crippen LogP contribution in [0.15, 0.2) is 28.8 Å². The molecule has 3 nitrogen and oxygen atoms in total. The highest BCUT2D eigenvalue weighted by Gasteiger charge is 2.07. The Balaban J connectivity index is 2.31. The van der Waals surface area contributed by atoms with Gasteiger partial charge in [0.2, 0.25) is 3.83 Å². The number of halogens is 1. The first kappa shape index (κ1) is 10.6. The van der Waals surface area contributed by atoms with Crippen LogP contribution in [-0.2, 0) is 0 Å². The minimum absolute atomic E-state index is 0.543. The molecule has 4 heteroatoms. The van der Waals surface area contributed by atoms with Crippen LogP contribution in [0.4, 0.5) is 0 Å². The van der Waals surface area contributed by atoms with Crippen molar-refractivity contribution < 1.29 is 4.52 Å². The maximum absolute atomic E-state index is 5.08. The van der Waals surface area contributed by atoms with E-state index in [9.17, 15) is 0 Å². The summed E-state index contributed by atoms with van der Waals surface area (Å²) in [5.41, 5.74) is 2.28. The van der Waals surface area contributed by atoms with E-state index in [1.165, 1.54) is 5.56 Å². The summed E-state index contributed by atoms with van der Waals surface area (Å²) in [6, 6.07) is 8.21. The Kier molecular flexibility index (Phi) is 3.04. The van der Waals surface area contributed by atoms with Gasteiger partial charge in [0, 0.05) is 28.2 Å². The van der Waals surface area contributed by atoms with Gasteiger partial charge in [-0.05, 0) is 23.6 Å². The van der Waals surface area contributed by atoms with Crippen molar-refractivity contribution >= 4 is 22.6 Å². The van der Waals surface area contributed by atoms with E-state index in [2.05, 4.69) is 36.1 Å². The molecule has 1 aromatic carbocycles. The Morgan fingerprint density at radius 3 is 2.33 bits per heavy atom. The first-order chi connectivity index (χ1) is 7.16. The van der Waals surface area contributed by atoms with Gasteiger partial charge in [-0.15, -0.1) is 0 Å². The largest absolute Gasteiger partial charge is 0.333 e. The molecule has 0 saturated heterocycles. The van der Waals surface area contributed by atoms with Crippen molar-refractivity contribution in [1.82, 2.24) is 10.1 Å². The maximum atomic E-state index is 5.08. The molecular formula is C11H11IN2O. The van der Waals surface area contributed by atoms with E-state index in [1.807, 2.05) is 34.7 Å². The lowest BCUT2D eigenvalue weighted by Gasteiger charge is -2.04. The Bertz CT molecular complexity index is 448. The highest BCUT2D eigenvalue weighted by atomic mass is 127. The van der Waals surface area contributed by atoms with Crippen LogP contribution in [0, 0.1) is 3.83 Å². The predicted octanol–water partition coefficient (Wildman–Crippen LogP) is 3.46. The highest BCUT2D eigenvalue weighted by Crippen LogP contribution is 2.21. The molecule has 2 aromatic rings. The Labute approximate surface area is 102 Å². The predicted molar refractivity (Wildman–Crippen MR) is 66.5 cm³/mol. The fraction of sp³-hybridized carbons (Fsp3) is 0.273. The fourth-order valence-corrected chi connectivity index (χ4v) is 1.65. The Hall–Kier alpha value is -0.910. The molecule has 0 bridgehead atoms. The smallest absolute Gasteiger partial charge is 0.258 e. The van der Waals surface area contributed by atoms with Gasteiger partial charge in [-0.3, -0.25) is 0 Å². The van der Waals surface area contributed by atoms with Gasteiger partial charge in [0.05, 0.1) is 0 Å². The molecule has 0 saturated carbocycles. The van der Waals surface area contributed by atoms with Crippen molar-refractivity contribution in [3.63, 3.8) is 0 Å². The van der Waals surface area contributed by atoms with Crippen LogP contribution in [-0.4, -0.2) is 10.1 Å². The van der Waals surface area contributed by atoms with Crippen LogP contribution in [0.2, 0.25) is 0 Å². The van der Waals surface area contributed by atoms with Crippen LogP contribution in [0.1, 0.15) is 25.3 Å². The van der Waals surface area contributed by atoms with E-state index in [0.717, 1.165) is 5.56 Å². The van der Waals surface area contributed by atoms with E-state index in [1.54, 1.807) is 0 Å². The second-order valence-electron chi connectivity index (χ2n) is 3.65. The molecule has 0 N–H and O–H groups in total. The third-order valence-electron chi connectivity index (χ3n) is 2.23. The van der Waals surface area contributed by atoms with Gasteiger partial charge in [0.1, 0.15) is 0 Å². The van der Waals surface area contributed by atoms with Gasteiger partial charge >= 0.3 is 0 Å². The average Bonchev–Trinajstić information content (AvgIpc) is 2.65. The van der Waals surface area contributed by atoms with Crippen LogP contribution in [0.3, 0.4) is 0 Å². The minimum atomic E-state index is 0.543. The number of hydrogen-bond acceptors (Lipinski definition) is 3. The van der Waals surface area contributed by atoms with Gasteiger partial charge in [0.15, 0.2) is 0 Å². The summed E-state index contributed by atoms with van der Waals surface area (Å²) in [6.45, 7) is 4.34. The minimum Gasteiger partial charge on any atom is -0.333 e. The SMILES string of the molecule is CC(C)c1ccc(-c2nc(I)no2)cc1. The van der Waals surface area contributed by atoms with Gasteiger partial charge in [-0.2, -0.15) is 4.98 Å². The monoisotopic (exact) mass is 314 g/mol. The van der Waals surface area contributed by atoms with Crippen molar-refractivity contribution in [2.24, 2.45) is 0 Å². The summed E-state index contributed by atoms with van der Waals surface area (Å²) in [5.74, 6) is 1.12. The number of aromatic nitrogens is 2. The van der Waals surface area contributed by atoms with Crippen molar-refractivity contribution in [3.8, 4) is 11.5 Å². The zero-order valence-corrected chi connectivity index (χ0v) is 10.7. The molecule has 0 radical (unpaired) electrons. The fourth-order valence-electron chi connectivity index (χ4n) is 1.33. The van der Waals surface area contributed by atoms with Gasteiger partial charge < -0.3 is 4.52 Å². The molecule has 0 aliphatic carbocycles. The quantitative estimate of drug-likeness (QED) is 0.797. The lowest BCUT2D eigenvalue weighted by Crippen LogP contribution is -1.86. The second kappa shape index (κ2) is 4.30. The van der Waals surface area contributed by atoms with E-state index >= 15 is 0 Å². The Morgan fingerprint density at radius 2 is 1.87 bits per heavy atom. The zero-order valence-electron chi connectivity index (χ0n) is 8.57. The molecule has 1 aromatic heterocycles. The molecule has 1 heterocycles. The standard InChI is InChI=1S/C11H11IN2O/c1-7(2)8-3-5-9(6-4-8)10-13-11(12)14-15-10/h3-7H,1-2H3. The number of nitrogens with zero attached hydrogens (tertiary/aromatic N) is 2. The molecule has 0 aliphatic heterocycles. The summed E-state index contributed by atoms with van der Waals surface area (Å²) in [6.07, 6.45) is 0. The lowest BCUT2D eigenvalue weighted by molar-refractivity contribution is 0.426. The van der Waals surface area contributed by atoms with Crippen LogP contribution < -0.4 is 0 Å². The van der Waals surface area contributed by atoms with E-state index in [4.69, 9.17) is 4.52 Å². The third-order valence-corrected chi connectivity index (χ3v) is 2.66. The van der Waals surface area contributed by atoms with Crippen LogP contribution >= 0.6 is 22.6 Å². The summed E-state index contributed by atoms with van der Waals surface area (Å²) >= 11 is 2.03.